The van der Waals surface area contributed by atoms with Gasteiger partial charge >= 0.3 is 0 Å². The van der Waals surface area contributed by atoms with Crippen molar-refractivity contribution in [3.63, 3.8) is 0 Å². The van der Waals surface area contributed by atoms with Gasteiger partial charge in [0.15, 0.2) is 0 Å². The molecule has 0 unspecified atom stereocenters. The first-order valence-electron chi connectivity index (χ1n) is 5.96. The summed E-state index contributed by atoms with van der Waals surface area (Å²) in [6.45, 7) is 5.45. The van der Waals surface area contributed by atoms with Crippen LogP contribution in [0.15, 0.2) is 0 Å². The molecule has 0 aliphatic carbocycles. The van der Waals surface area contributed by atoms with Crippen molar-refractivity contribution < 1.29 is 4.79 Å². The average Bonchev–Trinajstić information content (AvgIpc) is 2.53. The highest BCUT2D eigenvalue weighted by molar-refractivity contribution is 5.76. The third kappa shape index (κ3) is 3.85. The van der Waals surface area contributed by atoms with Crippen LogP contribution in [0.3, 0.4) is 0 Å². The monoisotopic (exact) mass is 238 g/mol. The molecule has 5 nitrogen and oxygen atoms in total. The molecular weight excluding hydrogens is 216 g/mol. The van der Waals surface area contributed by atoms with Gasteiger partial charge in [0.1, 0.15) is 0 Å². The Morgan fingerprint density at radius 3 is 2.59 bits per heavy atom. The van der Waals surface area contributed by atoms with Crippen LogP contribution in [0.4, 0.5) is 0 Å². The molecule has 1 rings (SSSR count). The molecule has 0 saturated heterocycles. The normalized spacial score (nSPS) is 10.6. The van der Waals surface area contributed by atoms with Crippen LogP contribution >= 0.6 is 0 Å². The van der Waals surface area contributed by atoms with E-state index in [4.69, 9.17) is 0 Å². The molecule has 0 bridgehead atoms. The molecule has 0 aromatic carbocycles. The van der Waals surface area contributed by atoms with Crippen molar-refractivity contribution in [2.45, 2.75) is 26.7 Å². The minimum Gasteiger partial charge on any atom is -0.356 e. The molecule has 0 saturated carbocycles. The number of amides is 1. The van der Waals surface area contributed by atoms with Crippen molar-refractivity contribution in [3.8, 4) is 0 Å². The maximum absolute atomic E-state index is 11.4. The van der Waals surface area contributed by atoms with Crippen LogP contribution in [0.5, 0.6) is 0 Å². The fourth-order valence-electron chi connectivity index (χ4n) is 1.83. The highest BCUT2D eigenvalue weighted by Gasteiger charge is 2.09. The van der Waals surface area contributed by atoms with Crippen LogP contribution in [-0.2, 0) is 18.3 Å². The van der Waals surface area contributed by atoms with E-state index in [9.17, 15) is 4.79 Å². The minimum absolute atomic E-state index is 0.0959. The van der Waals surface area contributed by atoms with Crippen LogP contribution in [0.25, 0.3) is 0 Å². The second kappa shape index (κ2) is 6.39. The Kier molecular flexibility index (Phi) is 5.15. The number of nitrogens with one attached hydrogen (secondary N) is 2. The van der Waals surface area contributed by atoms with Crippen LogP contribution in [0, 0.1) is 13.8 Å². The SMILES string of the molecule is CNCCC(=O)NCCc1c(C)nn(C)c1C. The van der Waals surface area contributed by atoms with Gasteiger partial charge < -0.3 is 10.6 Å². The zero-order valence-electron chi connectivity index (χ0n) is 11.1. The molecule has 2 N–H and O–H groups in total. The van der Waals surface area contributed by atoms with E-state index in [2.05, 4.69) is 22.7 Å². The number of rotatable bonds is 6. The van der Waals surface area contributed by atoms with E-state index in [1.54, 1.807) is 0 Å². The molecule has 0 aliphatic heterocycles. The molecule has 0 radical (unpaired) electrons. The fraction of sp³-hybridized carbons (Fsp3) is 0.667. The molecule has 0 fully saturated rings. The first-order valence-corrected chi connectivity index (χ1v) is 5.96. The van der Waals surface area contributed by atoms with Gasteiger partial charge in [-0.1, -0.05) is 0 Å². The van der Waals surface area contributed by atoms with Crippen molar-refractivity contribution in [2.75, 3.05) is 20.1 Å². The van der Waals surface area contributed by atoms with Gasteiger partial charge in [-0.2, -0.15) is 5.10 Å². The fourth-order valence-corrected chi connectivity index (χ4v) is 1.83. The molecule has 96 valence electrons. The summed E-state index contributed by atoms with van der Waals surface area (Å²) in [5.74, 6) is 0.0959. The lowest BCUT2D eigenvalue weighted by atomic mass is 10.1. The van der Waals surface area contributed by atoms with Gasteiger partial charge in [-0.25, -0.2) is 0 Å². The van der Waals surface area contributed by atoms with Crippen molar-refractivity contribution in [2.24, 2.45) is 7.05 Å². The molecule has 5 heteroatoms. The summed E-state index contributed by atoms with van der Waals surface area (Å²) in [6, 6.07) is 0. The second-order valence-electron chi connectivity index (χ2n) is 4.23. The van der Waals surface area contributed by atoms with E-state index in [1.165, 1.54) is 11.3 Å². The largest absolute Gasteiger partial charge is 0.356 e. The highest BCUT2D eigenvalue weighted by Crippen LogP contribution is 2.11. The lowest BCUT2D eigenvalue weighted by Crippen LogP contribution is -2.28. The standard InChI is InChI=1S/C12H22N4O/c1-9-11(10(2)16(4)15-9)5-8-14-12(17)6-7-13-3/h13H,5-8H2,1-4H3,(H,14,17). The van der Waals surface area contributed by atoms with Crippen molar-refractivity contribution in [1.29, 1.82) is 0 Å². The number of hydrogen-bond donors (Lipinski definition) is 2. The summed E-state index contributed by atoms with van der Waals surface area (Å²) in [4.78, 5) is 11.4. The topological polar surface area (TPSA) is 59.0 Å². The second-order valence-corrected chi connectivity index (χ2v) is 4.23. The van der Waals surface area contributed by atoms with Gasteiger partial charge in [-0.15, -0.1) is 0 Å². The smallest absolute Gasteiger partial charge is 0.221 e. The van der Waals surface area contributed by atoms with Gasteiger partial charge in [0.25, 0.3) is 0 Å². The van der Waals surface area contributed by atoms with E-state index >= 15 is 0 Å². The lowest BCUT2D eigenvalue weighted by molar-refractivity contribution is -0.120. The summed E-state index contributed by atoms with van der Waals surface area (Å²) in [5.41, 5.74) is 3.46. The number of carbonyl (C=O) groups excluding carboxylic acids is 1. The van der Waals surface area contributed by atoms with Crippen molar-refractivity contribution in [1.82, 2.24) is 20.4 Å². The Morgan fingerprint density at radius 2 is 2.06 bits per heavy atom. The first kappa shape index (κ1) is 13.7. The first-order chi connectivity index (χ1) is 8.06. The number of aromatic nitrogens is 2. The van der Waals surface area contributed by atoms with Crippen LogP contribution < -0.4 is 10.6 Å². The highest BCUT2D eigenvalue weighted by atomic mass is 16.1. The lowest BCUT2D eigenvalue weighted by Gasteiger charge is -2.05. The molecule has 0 atom stereocenters. The van der Waals surface area contributed by atoms with Gasteiger partial charge in [-0.3, -0.25) is 9.48 Å². The maximum Gasteiger partial charge on any atom is 0.221 e. The Hall–Kier alpha value is -1.36. The number of aryl methyl sites for hydroxylation is 2. The van der Waals surface area contributed by atoms with E-state index in [0.29, 0.717) is 13.0 Å². The van der Waals surface area contributed by atoms with Crippen LogP contribution in [0.1, 0.15) is 23.4 Å². The molecule has 0 spiro atoms. The van der Waals surface area contributed by atoms with Gasteiger partial charge in [0.05, 0.1) is 5.69 Å². The summed E-state index contributed by atoms with van der Waals surface area (Å²) >= 11 is 0. The Balaban J connectivity index is 2.38. The molecule has 1 amide bonds. The molecule has 0 aliphatic rings. The van der Waals surface area contributed by atoms with E-state index in [-0.39, 0.29) is 5.91 Å². The molecule has 1 heterocycles. The van der Waals surface area contributed by atoms with Gasteiger partial charge in [-0.05, 0) is 32.9 Å². The quantitative estimate of drug-likeness (QED) is 0.749. The molecule has 1 aromatic heterocycles. The predicted octanol–water partition coefficient (Wildman–Crippen LogP) is 0.305. The Labute approximate surface area is 103 Å². The minimum atomic E-state index is 0.0959. The van der Waals surface area contributed by atoms with E-state index in [0.717, 1.165) is 18.7 Å². The van der Waals surface area contributed by atoms with E-state index < -0.39 is 0 Å². The molecule has 17 heavy (non-hydrogen) atoms. The van der Waals surface area contributed by atoms with Crippen molar-refractivity contribution in [3.05, 3.63) is 17.0 Å². The van der Waals surface area contributed by atoms with Gasteiger partial charge in [0.2, 0.25) is 5.91 Å². The van der Waals surface area contributed by atoms with Crippen molar-refractivity contribution >= 4 is 5.91 Å². The molecular formula is C12H22N4O. The summed E-state index contributed by atoms with van der Waals surface area (Å²) in [7, 11) is 3.78. The van der Waals surface area contributed by atoms with Crippen LogP contribution in [0.2, 0.25) is 0 Å². The average molecular weight is 238 g/mol. The zero-order valence-corrected chi connectivity index (χ0v) is 11.1. The van der Waals surface area contributed by atoms with E-state index in [1.807, 2.05) is 25.7 Å². The number of carbonyl (C=O) groups is 1. The maximum atomic E-state index is 11.4. The summed E-state index contributed by atoms with van der Waals surface area (Å²) < 4.78 is 1.88. The van der Waals surface area contributed by atoms with Crippen LogP contribution in [-0.4, -0.2) is 35.8 Å². The number of nitrogens with zero attached hydrogens (tertiary/aromatic N) is 2. The Morgan fingerprint density at radius 1 is 1.35 bits per heavy atom. The zero-order chi connectivity index (χ0) is 12.8. The summed E-state index contributed by atoms with van der Waals surface area (Å²) in [6.07, 6.45) is 1.37. The Bertz CT molecular complexity index is 384. The third-order valence-corrected chi connectivity index (χ3v) is 2.96. The molecule has 1 aromatic rings. The van der Waals surface area contributed by atoms with Gasteiger partial charge in [0, 0.05) is 32.3 Å². The number of hydrogen-bond acceptors (Lipinski definition) is 3. The third-order valence-electron chi connectivity index (χ3n) is 2.96. The summed E-state index contributed by atoms with van der Waals surface area (Å²) in [5, 5.41) is 10.2. The predicted molar refractivity (Wildman–Crippen MR) is 67.9 cm³/mol.